The number of carbonyl (C=O) groups is 1. The molecule has 190 valence electrons. The van der Waals surface area contributed by atoms with Crippen LogP contribution in [0.3, 0.4) is 0 Å². The van der Waals surface area contributed by atoms with E-state index in [1.165, 1.54) is 0 Å². The molecule has 3 rings (SSSR count). The van der Waals surface area contributed by atoms with E-state index < -0.39 is 23.8 Å². The van der Waals surface area contributed by atoms with Crippen LogP contribution in [0.25, 0.3) is 11.0 Å². The van der Waals surface area contributed by atoms with Crippen molar-refractivity contribution in [3.63, 3.8) is 0 Å². The van der Waals surface area contributed by atoms with Crippen molar-refractivity contribution < 1.29 is 19.7 Å². The third-order valence-electron chi connectivity index (χ3n) is 5.49. The highest BCUT2D eigenvalue weighted by atomic mass is 35.5. The second-order valence-corrected chi connectivity index (χ2v) is 10.9. The predicted molar refractivity (Wildman–Crippen MR) is 135 cm³/mol. The number of benzene rings is 1. The summed E-state index contributed by atoms with van der Waals surface area (Å²) in [6.45, 7) is 11.7. The molecule has 0 saturated heterocycles. The SMILES string of the molecule is COc1ccc(Cn2nc(CC(O)CO)c3c(Cl)nc(C(=O)N(C(C)(C)C)C(C)(C)C)nc32)cc1. The Balaban J connectivity index is 2.16. The number of halogens is 1. The lowest BCUT2D eigenvalue weighted by atomic mass is 9.95. The topological polar surface area (TPSA) is 114 Å². The summed E-state index contributed by atoms with van der Waals surface area (Å²) in [5.74, 6) is 0.356. The molecule has 35 heavy (non-hydrogen) atoms. The van der Waals surface area contributed by atoms with Crippen LogP contribution in [0.2, 0.25) is 5.15 Å². The number of nitrogens with zero attached hydrogens (tertiary/aromatic N) is 5. The number of aliphatic hydroxyl groups excluding tert-OH is 2. The summed E-state index contributed by atoms with van der Waals surface area (Å²) in [5, 5.41) is 24.5. The molecule has 0 fully saturated rings. The first kappa shape index (κ1) is 26.8. The average Bonchev–Trinajstić information content (AvgIpc) is 3.09. The Labute approximate surface area is 210 Å². The van der Waals surface area contributed by atoms with Crippen molar-refractivity contribution in [1.82, 2.24) is 24.6 Å². The second-order valence-electron chi connectivity index (χ2n) is 10.5. The molecule has 1 atom stereocenters. The van der Waals surface area contributed by atoms with Crippen LogP contribution in [-0.2, 0) is 13.0 Å². The van der Waals surface area contributed by atoms with E-state index in [0.717, 1.165) is 11.3 Å². The molecule has 2 aromatic heterocycles. The molecule has 0 aliphatic rings. The van der Waals surface area contributed by atoms with Crippen molar-refractivity contribution in [1.29, 1.82) is 0 Å². The van der Waals surface area contributed by atoms with E-state index in [4.69, 9.17) is 16.3 Å². The van der Waals surface area contributed by atoms with Gasteiger partial charge in [-0.3, -0.25) is 4.79 Å². The number of hydrogen-bond acceptors (Lipinski definition) is 7. The minimum atomic E-state index is -1.02. The summed E-state index contributed by atoms with van der Waals surface area (Å²) >= 11 is 6.59. The quantitative estimate of drug-likeness (QED) is 0.474. The van der Waals surface area contributed by atoms with Gasteiger partial charge in [-0.15, -0.1) is 0 Å². The average molecular weight is 504 g/mol. The Kier molecular flexibility index (Phi) is 7.74. The Hall–Kier alpha value is -2.75. The largest absolute Gasteiger partial charge is 0.497 e. The van der Waals surface area contributed by atoms with Gasteiger partial charge in [0.1, 0.15) is 10.9 Å². The molecule has 1 aromatic carbocycles. The van der Waals surface area contributed by atoms with Crippen LogP contribution in [0, 0.1) is 0 Å². The first-order chi connectivity index (χ1) is 16.3. The first-order valence-electron chi connectivity index (χ1n) is 11.5. The molecule has 0 spiro atoms. The minimum absolute atomic E-state index is 0.0301. The van der Waals surface area contributed by atoms with Gasteiger partial charge in [0.15, 0.2) is 5.65 Å². The van der Waals surface area contributed by atoms with E-state index in [-0.39, 0.29) is 23.3 Å². The molecule has 10 heteroatoms. The number of aromatic nitrogens is 4. The summed E-state index contributed by atoms with van der Waals surface area (Å²) in [7, 11) is 1.60. The fourth-order valence-corrected chi connectivity index (χ4v) is 4.63. The van der Waals surface area contributed by atoms with Crippen LogP contribution in [0.1, 0.15) is 63.4 Å². The van der Waals surface area contributed by atoms with Gasteiger partial charge in [-0.2, -0.15) is 5.10 Å². The van der Waals surface area contributed by atoms with Crippen molar-refractivity contribution >= 4 is 28.5 Å². The number of hydrogen-bond donors (Lipinski definition) is 2. The molecule has 2 heterocycles. The number of carbonyl (C=O) groups excluding carboxylic acids is 1. The molecule has 0 bridgehead atoms. The summed E-state index contributed by atoms with van der Waals surface area (Å²) in [4.78, 5) is 24.3. The fourth-order valence-electron chi connectivity index (χ4n) is 4.36. The number of rotatable bonds is 7. The Bertz CT molecular complexity index is 1180. The van der Waals surface area contributed by atoms with Gasteiger partial charge in [0.25, 0.3) is 5.91 Å². The van der Waals surface area contributed by atoms with Crippen molar-refractivity contribution in [2.75, 3.05) is 13.7 Å². The number of methoxy groups -OCH3 is 1. The normalized spacial score (nSPS) is 13.2. The highest BCUT2D eigenvalue weighted by Gasteiger charge is 2.38. The van der Waals surface area contributed by atoms with Gasteiger partial charge < -0.3 is 19.8 Å². The van der Waals surface area contributed by atoms with Gasteiger partial charge in [-0.1, -0.05) is 23.7 Å². The van der Waals surface area contributed by atoms with Crippen molar-refractivity contribution in [3.05, 3.63) is 46.5 Å². The molecule has 3 aromatic rings. The van der Waals surface area contributed by atoms with Crippen LogP contribution in [0.15, 0.2) is 24.3 Å². The Morgan fingerprint density at radius 2 is 1.71 bits per heavy atom. The maximum Gasteiger partial charge on any atom is 0.292 e. The number of ether oxygens (including phenoxy) is 1. The predicted octanol–water partition coefficient (Wildman–Crippen LogP) is 3.47. The van der Waals surface area contributed by atoms with Crippen molar-refractivity contribution in [2.45, 2.75) is 71.7 Å². The highest BCUT2D eigenvalue weighted by Crippen LogP contribution is 2.30. The van der Waals surface area contributed by atoms with Gasteiger partial charge in [0, 0.05) is 17.5 Å². The standard InChI is InChI=1S/C25H34ClN5O4/c1-24(2,3)31(25(4,5)6)23(34)21-27-20(26)19-18(12-16(33)14-32)29-30(22(19)28-21)13-15-8-10-17(35-7)11-9-15/h8-11,16,32-33H,12-14H2,1-7H3. The number of amides is 1. The molecule has 0 aliphatic carbocycles. The lowest BCUT2D eigenvalue weighted by Gasteiger charge is -2.45. The third-order valence-corrected chi connectivity index (χ3v) is 5.76. The van der Waals surface area contributed by atoms with Crippen LogP contribution in [0.5, 0.6) is 5.75 Å². The molecular formula is C25H34ClN5O4. The molecule has 0 saturated carbocycles. The molecule has 1 unspecified atom stereocenters. The van der Waals surface area contributed by atoms with Gasteiger partial charge in [0.05, 0.1) is 37.4 Å². The fraction of sp³-hybridized carbons (Fsp3) is 0.520. The zero-order chi connectivity index (χ0) is 26.1. The van der Waals surface area contributed by atoms with Gasteiger partial charge in [-0.25, -0.2) is 14.6 Å². The van der Waals surface area contributed by atoms with Crippen LogP contribution in [0.4, 0.5) is 0 Å². The number of fused-ring (bicyclic) bond motifs is 1. The van der Waals surface area contributed by atoms with E-state index >= 15 is 0 Å². The summed E-state index contributed by atoms with van der Waals surface area (Å²) in [5.41, 5.74) is 0.785. The van der Waals surface area contributed by atoms with E-state index in [9.17, 15) is 15.0 Å². The zero-order valence-corrected chi connectivity index (χ0v) is 22.1. The summed E-state index contributed by atoms with van der Waals surface area (Å²) < 4.78 is 6.87. The lowest BCUT2D eigenvalue weighted by molar-refractivity contribution is 0.0259. The molecule has 0 radical (unpaired) electrons. The molecule has 2 N–H and O–H groups in total. The van der Waals surface area contributed by atoms with E-state index in [1.807, 2.05) is 65.8 Å². The Morgan fingerprint density at radius 1 is 1.11 bits per heavy atom. The van der Waals surface area contributed by atoms with Gasteiger partial charge in [0.2, 0.25) is 5.82 Å². The smallest absolute Gasteiger partial charge is 0.292 e. The summed E-state index contributed by atoms with van der Waals surface area (Å²) in [6, 6.07) is 7.51. The minimum Gasteiger partial charge on any atom is -0.497 e. The van der Waals surface area contributed by atoms with Crippen LogP contribution in [-0.4, -0.2) is 71.7 Å². The zero-order valence-electron chi connectivity index (χ0n) is 21.3. The monoisotopic (exact) mass is 503 g/mol. The van der Waals surface area contributed by atoms with Gasteiger partial charge in [-0.05, 0) is 59.2 Å². The maximum atomic E-state index is 13.6. The highest BCUT2D eigenvalue weighted by molar-refractivity contribution is 6.34. The summed E-state index contributed by atoms with van der Waals surface area (Å²) in [6.07, 6.45) is -0.952. The van der Waals surface area contributed by atoms with E-state index in [0.29, 0.717) is 23.3 Å². The Morgan fingerprint density at radius 3 is 2.23 bits per heavy atom. The molecule has 1 amide bonds. The van der Waals surface area contributed by atoms with Crippen LogP contribution >= 0.6 is 11.6 Å². The maximum absolute atomic E-state index is 13.6. The van der Waals surface area contributed by atoms with E-state index in [2.05, 4.69) is 15.1 Å². The molecule has 0 aliphatic heterocycles. The van der Waals surface area contributed by atoms with Crippen molar-refractivity contribution in [2.24, 2.45) is 0 Å². The second kappa shape index (κ2) is 10.1. The van der Waals surface area contributed by atoms with E-state index in [1.54, 1.807) is 16.7 Å². The first-order valence-corrected chi connectivity index (χ1v) is 11.8. The third kappa shape index (κ3) is 5.91. The van der Waals surface area contributed by atoms with Crippen molar-refractivity contribution in [3.8, 4) is 5.75 Å². The molecular weight excluding hydrogens is 470 g/mol. The van der Waals surface area contributed by atoms with Crippen LogP contribution < -0.4 is 4.74 Å². The molecule has 9 nitrogen and oxygen atoms in total. The number of aliphatic hydroxyl groups is 2. The lowest BCUT2D eigenvalue weighted by Crippen LogP contribution is -2.56. The van der Waals surface area contributed by atoms with Gasteiger partial charge >= 0.3 is 0 Å².